The number of carbonyl (C=O) groups is 1. The summed E-state index contributed by atoms with van der Waals surface area (Å²) in [4.78, 5) is 11.7. The molecule has 1 heterocycles. The van der Waals surface area contributed by atoms with Crippen molar-refractivity contribution >= 4 is 23.3 Å². The first-order valence-corrected chi connectivity index (χ1v) is 6.26. The number of ether oxygens (including phenoxy) is 1. The topological polar surface area (TPSA) is 50.4 Å². The Bertz CT molecular complexity index is 502. The number of alkyl halides is 3. The van der Waals surface area contributed by atoms with E-state index in [0.29, 0.717) is 19.6 Å². The molecule has 0 radical (unpaired) electrons. The molecule has 1 atom stereocenters. The molecule has 1 saturated heterocycles. The van der Waals surface area contributed by atoms with E-state index in [9.17, 15) is 18.0 Å². The summed E-state index contributed by atoms with van der Waals surface area (Å²) in [6, 6.07) is 2.00. The lowest BCUT2D eigenvalue weighted by atomic mass is 10.2. The third kappa shape index (κ3) is 3.77. The quantitative estimate of drug-likeness (QED) is 0.881. The van der Waals surface area contributed by atoms with Gasteiger partial charge in [-0.3, -0.25) is 0 Å². The summed E-state index contributed by atoms with van der Waals surface area (Å²) < 4.78 is 42.8. The average molecular weight is 309 g/mol. The molecule has 1 unspecified atom stereocenters. The van der Waals surface area contributed by atoms with E-state index >= 15 is 0 Å². The molecule has 2 amide bonds. The van der Waals surface area contributed by atoms with E-state index in [4.69, 9.17) is 16.3 Å². The summed E-state index contributed by atoms with van der Waals surface area (Å²) in [6.07, 6.45) is -3.82. The highest BCUT2D eigenvalue weighted by atomic mass is 35.5. The van der Waals surface area contributed by atoms with Crippen LogP contribution < -0.4 is 10.6 Å². The fraction of sp³-hybridized carbons (Fsp3) is 0.417. The fourth-order valence-electron chi connectivity index (χ4n) is 1.79. The molecule has 1 aromatic rings. The van der Waals surface area contributed by atoms with Crippen molar-refractivity contribution in [1.29, 1.82) is 0 Å². The number of carbonyl (C=O) groups excluding carboxylic acids is 1. The Kier molecular flexibility index (Phi) is 4.39. The largest absolute Gasteiger partial charge is 0.416 e. The van der Waals surface area contributed by atoms with Crippen LogP contribution in [-0.4, -0.2) is 25.3 Å². The lowest BCUT2D eigenvalue weighted by Crippen LogP contribution is -2.38. The molecule has 0 aromatic heterocycles. The van der Waals surface area contributed by atoms with Crippen LogP contribution in [0.4, 0.5) is 23.7 Å². The molecule has 1 fully saturated rings. The molecule has 0 spiro atoms. The third-order valence-corrected chi connectivity index (χ3v) is 3.14. The zero-order valence-electron chi connectivity index (χ0n) is 10.3. The molecular weight excluding hydrogens is 297 g/mol. The van der Waals surface area contributed by atoms with Crippen LogP contribution in [0.3, 0.4) is 0 Å². The normalized spacial score (nSPS) is 18.9. The summed E-state index contributed by atoms with van der Waals surface area (Å²) in [6.45, 7) is 0.943. The molecule has 20 heavy (non-hydrogen) atoms. The molecule has 0 saturated carbocycles. The Morgan fingerprint density at radius 2 is 2.15 bits per heavy atom. The summed E-state index contributed by atoms with van der Waals surface area (Å²) >= 11 is 5.77. The number of amides is 2. The van der Waals surface area contributed by atoms with E-state index in [1.165, 1.54) is 0 Å². The first kappa shape index (κ1) is 14.9. The maximum absolute atomic E-state index is 12.6. The Labute approximate surface area is 118 Å². The molecule has 0 aliphatic carbocycles. The van der Waals surface area contributed by atoms with Crippen molar-refractivity contribution in [3.63, 3.8) is 0 Å². The van der Waals surface area contributed by atoms with Gasteiger partial charge < -0.3 is 15.4 Å². The summed E-state index contributed by atoms with van der Waals surface area (Å²) in [5.41, 5.74) is -0.959. The van der Waals surface area contributed by atoms with E-state index < -0.39 is 17.8 Å². The van der Waals surface area contributed by atoms with E-state index in [0.717, 1.165) is 18.2 Å². The smallest absolute Gasteiger partial charge is 0.379 e. The van der Waals surface area contributed by atoms with Crippen molar-refractivity contribution in [1.82, 2.24) is 5.32 Å². The summed E-state index contributed by atoms with van der Waals surface area (Å²) in [7, 11) is 0. The average Bonchev–Trinajstić information content (AvgIpc) is 2.83. The highest BCUT2D eigenvalue weighted by Gasteiger charge is 2.31. The Balaban J connectivity index is 2.06. The number of benzene rings is 1. The zero-order chi connectivity index (χ0) is 14.8. The van der Waals surface area contributed by atoms with Gasteiger partial charge in [0.2, 0.25) is 0 Å². The number of urea groups is 1. The van der Waals surface area contributed by atoms with Crippen LogP contribution in [0.2, 0.25) is 5.02 Å². The minimum atomic E-state index is -4.49. The molecule has 8 heteroatoms. The van der Waals surface area contributed by atoms with Gasteiger partial charge in [-0.25, -0.2) is 4.79 Å². The summed E-state index contributed by atoms with van der Waals surface area (Å²) in [5, 5.41) is 4.95. The van der Waals surface area contributed by atoms with Gasteiger partial charge in [0.15, 0.2) is 0 Å². The molecule has 2 rings (SSSR count). The number of halogens is 4. The first-order valence-electron chi connectivity index (χ1n) is 5.88. The fourth-order valence-corrected chi connectivity index (χ4v) is 1.95. The highest BCUT2D eigenvalue weighted by Crippen LogP contribution is 2.33. The molecule has 1 aromatic carbocycles. The molecule has 2 N–H and O–H groups in total. The van der Waals surface area contributed by atoms with E-state index in [-0.39, 0.29) is 16.8 Å². The van der Waals surface area contributed by atoms with E-state index in [2.05, 4.69) is 10.6 Å². The van der Waals surface area contributed by atoms with Crippen LogP contribution >= 0.6 is 11.6 Å². The lowest BCUT2D eigenvalue weighted by molar-refractivity contribution is -0.137. The standard InChI is InChI=1S/C12H12ClF3N2O2/c13-9-2-1-7(12(14,15)16)5-10(9)18-11(19)17-8-3-4-20-6-8/h1-2,5,8H,3-4,6H2,(H2,17,18,19). The molecule has 110 valence electrons. The van der Waals surface area contributed by atoms with Gasteiger partial charge in [-0.05, 0) is 24.6 Å². The first-order chi connectivity index (χ1) is 9.36. The van der Waals surface area contributed by atoms with Crippen LogP contribution in [0, 0.1) is 0 Å². The lowest BCUT2D eigenvalue weighted by Gasteiger charge is -2.14. The molecule has 4 nitrogen and oxygen atoms in total. The van der Waals surface area contributed by atoms with Crippen molar-refractivity contribution in [2.45, 2.75) is 18.6 Å². The molecule has 1 aliphatic heterocycles. The van der Waals surface area contributed by atoms with Crippen molar-refractivity contribution in [2.24, 2.45) is 0 Å². The second-order valence-electron chi connectivity index (χ2n) is 4.35. The van der Waals surface area contributed by atoms with E-state index in [1.807, 2.05) is 0 Å². The molecule has 0 bridgehead atoms. The van der Waals surface area contributed by atoms with Crippen molar-refractivity contribution in [3.05, 3.63) is 28.8 Å². The number of anilines is 1. The minimum absolute atomic E-state index is 0.0378. The van der Waals surface area contributed by atoms with E-state index in [1.54, 1.807) is 0 Å². The predicted octanol–water partition coefficient (Wildman–Crippen LogP) is 3.27. The number of rotatable bonds is 2. The second kappa shape index (κ2) is 5.88. The number of hydrogen-bond donors (Lipinski definition) is 2. The van der Waals surface area contributed by atoms with Crippen LogP contribution in [0.5, 0.6) is 0 Å². The maximum atomic E-state index is 12.6. The third-order valence-electron chi connectivity index (χ3n) is 2.81. The van der Waals surface area contributed by atoms with Crippen molar-refractivity contribution in [3.8, 4) is 0 Å². The Morgan fingerprint density at radius 1 is 1.40 bits per heavy atom. The van der Waals surface area contributed by atoms with Gasteiger partial charge in [-0.2, -0.15) is 13.2 Å². The second-order valence-corrected chi connectivity index (χ2v) is 4.76. The number of nitrogens with one attached hydrogen (secondary N) is 2. The minimum Gasteiger partial charge on any atom is -0.379 e. The van der Waals surface area contributed by atoms with Crippen LogP contribution in [0.25, 0.3) is 0 Å². The Hall–Kier alpha value is -1.47. The van der Waals surface area contributed by atoms with Crippen LogP contribution in [0.1, 0.15) is 12.0 Å². The molecular formula is C12H12ClF3N2O2. The van der Waals surface area contributed by atoms with Gasteiger partial charge in [0.1, 0.15) is 0 Å². The monoisotopic (exact) mass is 308 g/mol. The molecule has 1 aliphatic rings. The van der Waals surface area contributed by atoms with Gasteiger partial charge in [0.05, 0.1) is 28.9 Å². The van der Waals surface area contributed by atoms with Crippen LogP contribution in [0.15, 0.2) is 18.2 Å². The Morgan fingerprint density at radius 3 is 2.75 bits per heavy atom. The van der Waals surface area contributed by atoms with Gasteiger partial charge in [0.25, 0.3) is 0 Å². The number of hydrogen-bond acceptors (Lipinski definition) is 2. The van der Waals surface area contributed by atoms with Gasteiger partial charge in [0, 0.05) is 6.61 Å². The van der Waals surface area contributed by atoms with Crippen molar-refractivity contribution in [2.75, 3.05) is 18.5 Å². The van der Waals surface area contributed by atoms with Gasteiger partial charge in [-0.15, -0.1) is 0 Å². The van der Waals surface area contributed by atoms with Crippen molar-refractivity contribution < 1.29 is 22.7 Å². The SMILES string of the molecule is O=C(Nc1cc(C(F)(F)F)ccc1Cl)NC1CCOC1. The maximum Gasteiger partial charge on any atom is 0.416 e. The summed E-state index contributed by atoms with van der Waals surface area (Å²) in [5.74, 6) is 0. The van der Waals surface area contributed by atoms with Gasteiger partial charge >= 0.3 is 12.2 Å². The predicted molar refractivity (Wildman–Crippen MR) is 67.8 cm³/mol. The zero-order valence-corrected chi connectivity index (χ0v) is 11.0. The van der Waals surface area contributed by atoms with Gasteiger partial charge in [-0.1, -0.05) is 11.6 Å². The van der Waals surface area contributed by atoms with Crippen LogP contribution in [-0.2, 0) is 10.9 Å². The highest BCUT2D eigenvalue weighted by molar-refractivity contribution is 6.33.